The van der Waals surface area contributed by atoms with E-state index in [0.717, 1.165) is 0 Å². The molecular weight excluding hydrogens is 386 g/mol. The molecule has 2 N–H and O–H groups in total. The lowest BCUT2D eigenvalue weighted by molar-refractivity contribution is -0.140. The van der Waals surface area contributed by atoms with Crippen LogP contribution in [0.5, 0.6) is 11.5 Å². The van der Waals surface area contributed by atoms with Crippen molar-refractivity contribution < 1.29 is 29.3 Å². The summed E-state index contributed by atoms with van der Waals surface area (Å²) >= 11 is 0. The zero-order chi connectivity index (χ0) is 21.7. The Hall–Kier alpha value is -3.32. The minimum atomic E-state index is -0.804. The van der Waals surface area contributed by atoms with Crippen molar-refractivity contribution in [2.24, 2.45) is 0 Å². The van der Waals surface area contributed by atoms with Gasteiger partial charge in [0.25, 0.3) is 11.7 Å². The third-order valence-corrected chi connectivity index (χ3v) is 4.93. The zero-order valence-electron chi connectivity index (χ0n) is 17.0. The molecule has 3 rings (SSSR count). The van der Waals surface area contributed by atoms with Crippen molar-refractivity contribution in [1.82, 2.24) is 4.90 Å². The van der Waals surface area contributed by atoms with Gasteiger partial charge in [-0.15, -0.1) is 0 Å². The molecule has 1 unspecified atom stereocenters. The molecule has 0 aliphatic carbocycles. The summed E-state index contributed by atoms with van der Waals surface area (Å²) in [7, 11) is 1.56. The van der Waals surface area contributed by atoms with Crippen LogP contribution in [0.4, 0.5) is 0 Å². The Morgan fingerprint density at radius 2 is 1.87 bits per heavy atom. The Balaban J connectivity index is 2.14. The van der Waals surface area contributed by atoms with Crippen molar-refractivity contribution >= 4 is 17.4 Å². The number of carbonyl (C=O) groups is 2. The summed E-state index contributed by atoms with van der Waals surface area (Å²) in [4.78, 5) is 27.1. The molecule has 1 aliphatic rings. The molecule has 0 aromatic heterocycles. The maximum absolute atomic E-state index is 12.9. The van der Waals surface area contributed by atoms with Crippen molar-refractivity contribution in [3.63, 3.8) is 0 Å². The van der Waals surface area contributed by atoms with Crippen molar-refractivity contribution in [2.75, 3.05) is 26.9 Å². The maximum atomic E-state index is 12.9. The second-order valence-corrected chi connectivity index (χ2v) is 6.87. The fourth-order valence-electron chi connectivity index (χ4n) is 3.56. The van der Waals surface area contributed by atoms with E-state index in [-0.39, 0.29) is 29.4 Å². The van der Waals surface area contributed by atoms with Crippen LogP contribution in [-0.2, 0) is 14.3 Å². The molecule has 158 valence electrons. The lowest BCUT2D eigenvalue weighted by Crippen LogP contribution is -2.31. The summed E-state index contributed by atoms with van der Waals surface area (Å²) in [6.07, 6.45) is 0.530. The van der Waals surface area contributed by atoms with Crippen molar-refractivity contribution in [1.29, 1.82) is 0 Å². The number of rotatable bonds is 8. The molecule has 30 heavy (non-hydrogen) atoms. The van der Waals surface area contributed by atoms with Gasteiger partial charge in [-0.2, -0.15) is 0 Å². The minimum absolute atomic E-state index is 0.0109. The first kappa shape index (κ1) is 21.4. The number of ether oxygens (including phenoxy) is 2. The molecule has 0 spiro atoms. The topological polar surface area (TPSA) is 96.3 Å². The van der Waals surface area contributed by atoms with E-state index in [0.29, 0.717) is 30.8 Å². The number of hydrogen-bond donors (Lipinski definition) is 2. The van der Waals surface area contributed by atoms with Crippen LogP contribution < -0.4 is 4.74 Å². The highest BCUT2D eigenvalue weighted by atomic mass is 16.5. The average molecular weight is 411 g/mol. The normalized spacial score (nSPS) is 18.1. The van der Waals surface area contributed by atoms with E-state index >= 15 is 0 Å². The number of hydrogen-bond acceptors (Lipinski definition) is 6. The van der Waals surface area contributed by atoms with Crippen LogP contribution in [0.2, 0.25) is 0 Å². The molecule has 1 aliphatic heterocycles. The molecule has 1 fully saturated rings. The van der Waals surface area contributed by atoms with E-state index in [1.807, 2.05) is 0 Å². The number of aliphatic hydroxyl groups excluding tert-OH is 1. The van der Waals surface area contributed by atoms with Gasteiger partial charge in [0.15, 0.2) is 11.5 Å². The molecule has 0 bridgehead atoms. The molecule has 1 amide bonds. The summed E-state index contributed by atoms with van der Waals surface area (Å²) in [5, 5.41) is 21.0. The second-order valence-electron chi connectivity index (χ2n) is 6.87. The van der Waals surface area contributed by atoms with Crippen LogP contribution in [0.1, 0.15) is 30.5 Å². The number of phenolic OH excluding ortho intramolecular Hbond substituents is 1. The van der Waals surface area contributed by atoms with Crippen molar-refractivity contribution in [2.45, 2.75) is 19.4 Å². The largest absolute Gasteiger partial charge is 0.507 e. The molecular formula is C23H25NO6. The van der Waals surface area contributed by atoms with Gasteiger partial charge in [0.2, 0.25) is 0 Å². The number of amides is 1. The van der Waals surface area contributed by atoms with E-state index in [1.165, 1.54) is 11.0 Å². The van der Waals surface area contributed by atoms with Gasteiger partial charge >= 0.3 is 0 Å². The highest BCUT2D eigenvalue weighted by molar-refractivity contribution is 6.46. The van der Waals surface area contributed by atoms with Crippen LogP contribution in [-0.4, -0.2) is 53.7 Å². The smallest absolute Gasteiger partial charge is 0.295 e. The first-order chi connectivity index (χ1) is 14.5. The number of carbonyl (C=O) groups excluding carboxylic acids is 2. The molecule has 7 nitrogen and oxygen atoms in total. The first-order valence-corrected chi connectivity index (χ1v) is 9.78. The van der Waals surface area contributed by atoms with Crippen molar-refractivity contribution in [3.05, 3.63) is 65.2 Å². The number of likely N-dealkylation sites (tertiary alicyclic amines) is 1. The SMILES string of the molecule is CCOc1cc(C2C(=C(O)c3ccccc3)C(=O)C(=O)N2CCCOC)ccc1O. The molecule has 1 saturated heterocycles. The molecule has 0 radical (unpaired) electrons. The maximum Gasteiger partial charge on any atom is 0.295 e. The lowest BCUT2D eigenvalue weighted by Gasteiger charge is -2.25. The van der Waals surface area contributed by atoms with Gasteiger partial charge in [-0.3, -0.25) is 9.59 Å². The summed E-state index contributed by atoms with van der Waals surface area (Å²) in [5.74, 6) is -1.46. The molecule has 2 aromatic carbocycles. The number of aromatic hydroxyl groups is 1. The summed E-state index contributed by atoms with van der Waals surface area (Å²) in [6, 6.07) is 12.5. The monoisotopic (exact) mass is 411 g/mol. The number of ketones is 1. The van der Waals surface area contributed by atoms with Crippen molar-refractivity contribution in [3.8, 4) is 11.5 Å². The minimum Gasteiger partial charge on any atom is -0.507 e. The Bertz CT molecular complexity index is 953. The number of aliphatic hydroxyl groups is 1. The van der Waals surface area contributed by atoms with Gasteiger partial charge in [0.05, 0.1) is 18.2 Å². The Morgan fingerprint density at radius 3 is 2.53 bits per heavy atom. The number of methoxy groups -OCH3 is 1. The highest BCUT2D eigenvalue weighted by Gasteiger charge is 2.46. The number of nitrogens with zero attached hydrogens (tertiary/aromatic N) is 1. The van der Waals surface area contributed by atoms with Crippen LogP contribution in [0.25, 0.3) is 5.76 Å². The fourth-order valence-corrected chi connectivity index (χ4v) is 3.56. The molecule has 7 heteroatoms. The molecule has 2 aromatic rings. The standard InChI is InChI=1S/C23H25NO6/c1-3-30-18-14-16(10-11-17(18)25)20-19(21(26)15-8-5-4-6-9-15)22(27)23(28)24(20)12-7-13-29-2/h4-6,8-11,14,20,25-26H,3,7,12-13H2,1-2H3. The van der Waals surface area contributed by atoms with Gasteiger partial charge in [0, 0.05) is 25.8 Å². The predicted molar refractivity (Wildman–Crippen MR) is 111 cm³/mol. The Labute approximate surface area is 175 Å². The molecule has 1 heterocycles. The number of phenols is 1. The molecule has 1 atom stereocenters. The Morgan fingerprint density at radius 1 is 1.13 bits per heavy atom. The van der Waals surface area contributed by atoms with Gasteiger partial charge < -0.3 is 24.6 Å². The first-order valence-electron chi connectivity index (χ1n) is 9.78. The summed E-state index contributed by atoms with van der Waals surface area (Å²) < 4.78 is 10.5. The average Bonchev–Trinajstić information content (AvgIpc) is 3.01. The van der Waals surface area contributed by atoms with Gasteiger partial charge in [-0.1, -0.05) is 36.4 Å². The highest BCUT2D eigenvalue weighted by Crippen LogP contribution is 2.41. The van der Waals surface area contributed by atoms with E-state index < -0.39 is 17.7 Å². The van der Waals surface area contributed by atoms with E-state index in [2.05, 4.69) is 0 Å². The van der Waals surface area contributed by atoms with Crippen LogP contribution in [0.3, 0.4) is 0 Å². The van der Waals surface area contributed by atoms with Gasteiger partial charge in [-0.05, 0) is 31.0 Å². The lowest BCUT2D eigenvalue weighted by atomic mass is 9.95. The number of Topliss-reactive ketones (excluding diaryl/α,β-unsaturated/α-hetero) is 1. The van der Waals surface area contributed by atoms with Crippen LogP contribution in [0.15, 0.2) is 54.1 Å². The van der Waals surface area contributed by atoms with E-state index in [1.54, 1.807) is 56.5 Å². The fraction of sp³-hybridized carbons (Fsp3) is 0.304. The third-order valence-electron chi connectivity index (χ3n) is 4.93. The van der Waals surface area contributed by atoms with E-state index in [9.17, 15) is 19.8 Å². The second kappa shape index (κ2) is 9.45. The number of benzene rings is 2. The quantitative estimate of drug-likeness (QED) is 0.300. The predicted octanol–water partition coefficient (Wildman–Crippen LogP) is 3.25. The van der Waals surface area contributed by atoms with E-state index in [4.69, 9.17) is 9.47 Å². The third kappa shape index (κ3) is 4.16. The zero-order valence-corrected chi connectivity index (χ0v) is 17.0. The summed E-state index contributed by atoms with van der Waals surface area (Å²) in [6.45, 7) is 2.83. The molecule has 0 saturated carbocycles. The van der Waals surface area contributed by atoms with Gasteiger partial charge in [0.1, 0.15) is 5.76 Å². The van der Waals surface area contributed by atoms with Crippen LogP contribution >= 0.6 is 0 Å². The van der Waals surface area contributed by atoms with Gasteiger partial charge in [-0.25, -0.2) is 0 Å². The summed E-state index contributed by atoms with van der Waals surface area (Å²) in [5.41, 5.74) is 1.02. The Kier molecular flexibility index (Phi) is 6.74. The van der Waals surface area contributed by atoms with Crippen LogP contribution in [0, 0.1) is 0 Å².